The molecule has 0 spiro atoms. The number of allylic oxidation sites excluding steroid dienone is 18. The van der Waals surface area contributed by atoms with Gasteiger partial charge in [-0.3, -0.25) is 14.4 Å². The largest absolute Gasteiger partial charge is 0.462 e. The smallest absolute Gasteiger partial charge is 0.306 e. The van der Waals surface area contributed by atoms with Crippen LogP contribution in [0.4, 0.5) is 0 Å². The van der Waals surface area contributed by atoms with Gasteiger partial charge in [-0.05, 0) is 103 Å². The highest BCUT2D eigenvalue weighted by Crippen LogP contribution is 2.17. The van der Waals surface area contributed by atoms with Gasteiger partial charge >= 0.3 is 17.9 Å². The summed E-state index contributed by atoms with van der Waals surface area (Å²) in [6, 6.07) is 0. The van der Waals surface area contributed by atoms with Crippen molar-refractivity contribution in [3.8, 4) is 0 Å². The zero-order chi connectivity index (χ0) is 59.9. The standard InChI is InChI=1S/C77H132O6/c1-4-7-10-13-16-19-22-25-28-30-32-34-36-37-38-39-41-42-44-46-49-52-55-58-61-64-67-70-76(79)82-73-74(72-81-75(78)69-66-63-60-57-54-51-48-27-24-21-18-15-12-9-6-3)83-77(80)71-68-65-62-59-56-53-50-47-45-43-40-35-33-31-29-26-23-20-17-14-11-8-5-2/h7-8,10-11,16-17,19-20,25-26,28-29,32-35,37-38,74H,4-6,9,12-15,18,21-24,27,30-31,36,39-73H2,1-3H3/b10-7-,11-8-,19-16-,20-17-,28-25-,29-26-,34-32-,35-33-,38-37-. The van der Waals surface area contributed by atoms with E-state index in [2.05, 4.69) is 130 Å². The van der Waals surface area contributed by atoms with Crippen LogP contribution in [0, 0.1) is 0 Å². The minimum Gasteiger partial charge on any atom is -0.462 e. The minimum absolute atomic E-state index is 0.0773. The van der Waals surface area contributed by atoms with E-state index in [0.29, 0.717) is 19.3 Å². The van der Waals surface area contributed by atoms with Gasteiger partial charge in [0.2, 0.25) is 0 Å². The first-order valence-corrected chi connectivity index (χ1v) is 35.4. The topological polar surface area (TPSA) is 78.9 Å². The zero-order valence-corrected chi connectivity index (χ0v) is 54.7. The highest BCUT2D eigenvalue weighted by Gasteiger charge is 2.19. The van der Waals surface area contributed by atoms with Gasteiger partial charge in [0.25, 0.3) is 0 Å². The molecule has 0 radical (unpaired) electrons. The van der Waals surface area contributed by atoms with Crippen LogP contribution in [0.1, 0.15) is 342 Å². The average Bonchev–Trinajstić information content (AvgIpc) is 3.49. The first kappa shape index (κ1) is 79.1. The van der Waals surface area contributed by atoms with E-state index >= 15 is 0 Å². The Balaban J connectivity index is 4.33. The molecule has 0 aromatic rings. The van der Waals surface area contributed by atoms with Gasteiger partial charge in [-0.1, -0.05) is 329 Å². The summed E-state index contributed by atoms with van der Waals surface area (Å²) in [5.41, 5.74) is 0. The molecule has 0 aliphatic carbocycles. The van der Waals surface area contributed by atoms with Gasteiger partial charge in [-0.15, -0.1) is 0 Å². The van der Waals surface area contributed by atoms with Crippen LogP contribution >= 0.6 is 0 Å². The fraction of sp³-hybridized carbons (Fsp3) is 0.727. The van der Waals surface area contributed by atoms with Gasteiger partial charge in [-0.25, -0.2) is 0 Å². The third kappa shape index (κ3) is 68.7. The molecule has 0 fully saturated rings. The monoisotopic (exact) mass is 1150 g/mol. The van der Waals surface area contributed by atoms with E-state index in [1.54, 1.807) is 0 Å². The van der Waals surface area contributed by atoms with Crippen LogP contribution in [-0.2, 0) is 28.6 Å². The molecule has 0 aromatic heterocycles. The summed E-state index contributed by atoms with van der Waals surface area (Å²) in [5, 5.41) is 0. The second-order valence-electron chi connectivity index (χ2n) is 23.4. The first-order valence-electron chi connectivity index (χ1n) is 35.4. The van der Waals surface area contributed by atoms with Crippen molar-refractivity contribution in [2.75, 3.05) is 13.2 Å². The quantitative estimate of drug-likeness (QED) is 0.0261. The third-order valence-electron chi connectivity index (χ3n) is 15.3. The normalized spacial score (nSPS) is 12.8. The van der Waals surface area contributed by atoms with Crippen LogP contribution in [0.15, 0.2) is 109 Å². The van der Waals surface area contributed by atoms with E-state index < -0.39 is 6.10 Å². The molecule has 0 rings (SSSR count). The van der Waals surface area contributed by atoms with Gasteiger partial charge in [-0.2, -0.15) is 0 Å². The molecule has 0 saturated carbocycles. The molecule has 6 heteroatoms. The molecule has 83 heavy (non-hydrogen) atoms. The second kappa shape index (κ2) is 70.6. The number of carbonyl (C=O) groups is 3. The van der Waals surface area contributed by atoms with Crippen LogP contribution in [0.25, 0.3) is 0 Å². The van der Waals surface area contributed by atoms with E-state index in [4.69, 9.17) is 14.2 Å². The maximum Gasteiger partial charge on any atom is 0.306 e. The lowest BCUT2D eigenvalue weighted by molar-refractivity contribution is -0.167. The van der Waals surface area contributed by atoms with Crippen molar-refractivity contribution in [3.05, 3.63) is 109 Å². The summed E-state index contributed by atoms with van der Waals surface area (Å²) in [4.78, 5) is 38.5. The van der Waals surface area contributed by atoms with Gasteiger partial charge in [0, 0.05) is 19.3 Å². The van der Waals surface area contributed by atoms with Crippen molar-refractivity contribution < 1.29 is 28.6 Å². The zero-order valence-electron chi connectivity index (χ0n) is 54.7. The summed E-state index contributed by atoms with van der Waals surface area (Å²) < 4.78 is 17.0. The predicted octanol–water partition coefficient (Wildman–Crippen LogP) is 24.6. The summed E-state index contributed by atoms with van der Waals surface area (Å²) in [6.45, 7) is 6.45. The molecule has 0 saturated heterocycles. The van der Waals surface area contributed by atoms with E-state index in [1.165, 1.54) is 186 Å². The van der Waals surface area contributed by atoms with Crippen LogP contribution in [-0.4, -0.2) is 37.2 Å². The number of carbonyl (C=O) groups excluding carboxylic acids is 3. The molecule has 0 aliphatic heterocycles. The Labute approximate surface area is 514 Å². The van der Waals surface area contributed by atoms with E-state index in [-0.39, 0.29) is 31.1 Å². The molecule has 0 aromatic carbocycles. The number of hydrogen-bond donors (Lipinski definition) is 0. The number of hydrogen-bond acceptors (Lipinski definition) is 6. The van der Waals surface area contributed by atoms with Gasteiger partial charge < -0.3 is 14.2 Å². The van der Waals surface area contributed by atoms with E-state index in [0.717, 1.165) is 116 Å². The Morgan fingerprint density at radius 2 is 0.470 bits per heavy atom. The van der Waals surface area contributed by atoms with Crippen molar-refractivity contribution in [1.82, 2.24) is 0 Å². The molecule has 6 nitrogen and oxygen atoms in total. The molecule has 0 heterocycles. The lowest BCUT2D eigenvalue weighted by Crippen LogP contribution is -2.30. The summed E-state index contributed by atoms with van der Waals surface area (Å²) in [7, 11) is 0. The van der Waals surface area contributed by atoms with E-state index in [9.17, 15) is 14.4 Å². The number of rotatable bonds is 64. The Bertz CT molecular complexity index is 1660. The SMILES string of the molecule is CC/C=C\C/C=C\C/C=C\C/C=C\C/C=C\CCCCCCCCCCCCCC(=O)OCC(COC(=O)CCCCCCCCCCCCCCCCC)OC(=O)CCCCCCCCCCCC/C=C\C/C=C\C/C=C\C/C=C\CC. The predicted molar refractivity (Wildman–Crippen MR) is 362 cm³/mol. The molecule has 1 atom stereocenters. The maximum atomic E-state index is 13.0. The van der Waals surface area contributed by atoms with Crippen molar-refractivity contribution in [2.45, 2.75) is 348 Å². The Hall–Kier alpha value is -3.93. The molecule has 0 N–H and O–H groups in total. The molecule has 0 amide bonds. The number of esters is 3. The fourth-order valence-electron chi connectivity index (χ4n) is 10.1. The van der Waals surface area contributed by atoms with Crippen LogP contribution in [0.2, 0.25) is 0 Å². The molecule has 0 aliphatic rings. The van der Waals surface area contributed by atoms with Gasteiger partial charge in [0.1, 0.15) is 13.2 Å². The van der Waals surface area contributed by atoms with Crippen LogP contribution < -0.4 is 0 Å². The van der Waals surface area contributed by atoms with E-state index in [1.807, 2.05) is 0 Å². The number of unbranched alkanes of at least 4 members (excludes halogenated alkanes) is 35. The molecule has 1 unspecified atom stereocenters. The minimum atomic E-state index is -0.783. The van der Waals surface area contributed by atoms with Crippen molar-refractivity contribution in [1.29, 1.82) is 0 Å². The summed E-state index contributed by atoms with van der Waals surface area (Å²) in [5.74, 6) is -0.868. The summed E-state index contributed by atoms with van der Waals surface area (Å²) in [6.07, 6.45) is 96.8. The lowest BCUT2D eigenvalue weighted by atomic mass is 10.0. The molecular weight excluding hydrogens is 1020 g/mol. The number of ether oxygens (including phenoxy) is 3. The van der Waals surface area contributed by atoms with Crippen LogP contribution in [0.3, 0.4) is 0 Å². The van der Waals surface area contributed by atoms with Gasteiger partial charge in [0.05, 0.1) is 0 Å². The van der Waals surface area contributed by atoms with Gasteiger partial charge in [0.15, 0.2) is 6.10 Å². The summed E-state index contributed by atoms with van der Waals surface area (Å²) >= 11 is 0. The van der Waals surface area contributed by atoms with Crippen molar-refractivity contribution in [2.24, 2.45) is 0 Å². The average molecular weight is 1150 g/mol. The Morgan fingerprint density at radius 1 is 0.253 bits per heavy atom. The van der Waals surface area contributed by atoms with Crippen LogP contribution in [0.5, 0.6) is 0 Å². The fourth-order valence-corrected chi connectivity index (χ4v) is 10.1. The lowest BCUT2D eigenvalue weighted by Gasteiger charge is -2.18. The molecule has 0 bridgehead atoms. The van der Waals surface area contributed by atoms with Crippen molar-refractivity contribution >= 4 is 17.9 Å². The second-order valence-corrected chi connectivity index (χ2v) is 23.4. The Morgan fingerprint density at radius 3 is 0.735 bits per heavy atom. The highest BCUT2D eigenvalue weighted by molar-refractivity contribution is 5.71. The first-order chi connectivity index (χ1) is 41.0. The highest BCUT2D eigenvalue weighted by atomic mass is 16.6. The van der Waals surface area contributed by atoms with Crippen molar-refractivity contribution in [3.63, 3.8) is 0 Å². The molecular formula is C77H132O6. The third-order valence-corrected chi connectivity index (χ3v) is 15.3. The Kier molecular flexibility index (Phi) is 67.2. The maximum absolute atomic E-state index is 13.0. The molecule has 476 valence electrons.